The maximum Gasteiger partial charge on any atom is 0.0707 e. The molecule has 0 spiro atoms. The fourth-order valence-electron chi connectivity index (χ4n) is 3.28. The number of fused-ring (bicyclic) bond motifs is 1. The lowest BCUT2D eigenvalue weighted by molar-refractivity contribution is 0.281. The minimum atomic E-state index is 0.0365. The first-order valence-electron chi connectivity index (χ1n) is 8.71. The molecule has 4 nitrogen and oxygen atoms in total. The first-order chi connectivity index (χ1) is 11.5. The van der Waals surface area contributed by atoms with E-state index in [9.17, 15) is 0 Å². The molecule has 1 aliphatic rings. The molecule has 128 valence electrons. The molecule has 1 aliphatic heterocycles. The van der Waals surface area contributed by atoms with Crippen LogP contribution in [0.3, 0.4) is 0 Å². The number of aliphatic hydroxyl groups is 1. The normalized spacial score (nSPS) is 16.7. The number of aromatic nitrogens is 1. The summed E-state index contributed by atoms with van der Waals surface area (Å²) in [6.07, 6.45) is 6.33. The number of para-hydroxylation sites is 1. The van der Waals surface area contributed by atoms with Crippen LogP contribution >= 0.6 is 0 Å². The van der Waals surface area contributed by atoms with Crippen LogP contribution in [0, 0.1) is 5.41 Å². The second kappa shape index (κ2) is 6.81. The first kappa shape index (κ1) is 16.8. The number of nitrogens with one attached hydrogen (secondary N) is 1. The average Bonchev–Trinajstić information content (AvgIpc) is 3.14. The summed E-state index contributed by atoms with van der Waals surface area (Å²) < 4.78 is 2.30. The molecule has 2 heterocycles. The standard InChI is InChI=1S/C20H27N3O/c1-20(2,3)19-15(13-21-22-19)12-16-14-23(10-6-7-11-24)18-9-5-4-8-17(16)18/h4-5,8-9,12,14,21,24H,6-7,10-11,13H2,1-3H3. The number of aryl methyl sites for hydroxylation is 1. The highest BCUT2D eigenvalue weighted by Gasteiger charge is 2.26. The van der Waals surface area contributed by atoms with Crippen molar-refractivity contribution >= 4 is 22.7 Å². The van der Waals surface area contributed by atoms with Crippen molar-refractivity contribution in [2.45, 2.75) is 40.2 Å². The molecule has 1 aromatic heterocycles. The van der Waals surface area contributed by atoms with Crippen molar-refractivity contribution in [3.05, 3.63) is 41.6 Å². The van der Waals surface area contributed by atoms with Crippen LogP contribution in [0.2, 0.25) is 0 Å². The smallest absolute Gasteiger partial charge is 0.0707 e. The molecule has 0 unspecified atom stereocenters. The van der Waals surface area contributed by atoms with Gasteiger partial charge in [-0.3, -0.25) is 0 Å². The molecule has 4 heteroatoms. The van der Waals surface area contributed by atoms with Gasteiger partial charge in [0.05, 0.1) is 12.3 Å². The van der Waals surface area contributed by atoms with E-state index in [1.807, 2.05) is 0 Å². The van der Waals surface area contributed by atoms with E-state index in [4.69, 9.17) is 5.11 Å². The zero-order chi connectivity index (χ0) is 17.2. The molecule has 0 fully saturated rings. The van der Waals surface area contributed by atoms with E-state index >= 15 is 0 Å². The van der Waals surface area contributed by atoms with E-state index in [-0.39, 0.29) is 12.0 Å². The largest absolute Gasteiger partial charge is 0.396 e. The van der Waals surface area contributed by atoms with Crippen LogP contribution in [0.5, 0.6) is 0 Å². The zero-order valence-corrected chi connectivity index (χ0v) is 14.8. The molecule has 0 bridgehead atoms. The molecular formula is C20H27N3O. The highest BCUT2D eigenvalue weighted by atomic mass is 16.2. The Hall–Kier alpha value is -2.07. The summed E-state index contributed by atoms with van der Waals surface area (Å²) in [7, 11) is 0. The summed E-state index contributed by atoms with van der Waals surface area (Å²) in [4.78, 5) is 0. The second-order valence-electron chi connectivity index (χ2n) is 7.44. The van der Waals surface area contributed by atoms with Crippen LogP contribution in [-0.4, -0.2) is 28.5 Å². The lowest BCUT2D eigenvalue weighted by Gasteiger charge is -2.18. The highest BCUT2D eigenvalue weighted by molar-refractivity contribution is 6.09. The van der Waals surface area contributed by atoms with Crippen LogP contribution in [0.25, 0.3) is 17.0 Å². The molecule has 0 amide bonds. The van der Waals surface area contributed by atoms with Gasteiger partial charge in [0, 0.05) is 41.2 Å². The Morgan fingerprint density at radius 1 is 1.25 bits per heavy atom. The number of hydrogen-bond donors (Lipinski definition) is 2. The SMILES string of the molecule is CC(C)(C)C1=NNCC1=Cc1cn(CCCCO)c2ccccc12. The summed E-state index contributed by atoms with van der Waals surface area (Å²) in [5.41, 5.74) is 8.06. The number of benzene rings is 1. The molecule has 2 N–H and O–H groups in total. The van der Waals surface area contributed by atoms with Crippen molar-refractivity contribution in [2.75, 3.05) is 13.2 Å². The van der Waals surface area contributed by atoms with Crippen molar-refractivity contribution < 1.29 is 5.11 Å². The molecule has 2 aromatic rings. The summed E-state index contributed by atoms with van der Waals surface area (Å²) >= 11 is 0. The maximum absolute atomic E-state index is 9.02. The molecule has 0 saturated carbocycles. The number of aliphatic hydroxyl groups excluding tert-OH is 1. The first-order valence-corrected chi connectivity index (χ1v) is 8.71. The van der Waals surface area contributed by atoms with E-state index < -0.39 is 0 Å². The van der Waals surface area contributed by atoms with Crippen LogP contribution < -0.4 is 5.43 Å². The van der Waals surface area contributed by atoms with Gasteiger partial charge in [0.1, 0.15) is 0 Å². The number of unbranched alkanes of at least 4 members (excludes halogenated alkanes) is 1. The fourth-order valence-corrected chi connectivity index (χ4v) is 3.28. The van der Waals surface area contributed by atoms with Crippen molar-refractivity contribution in [2.24, 2.45) is 10.5 Å². The number of nitrogens with zero attached hydrogens (tertiary/aromatic N) is 2. The van der Waals surface area contributed by atoms with Crippen molar-refractivity contribution in [1.29, 1.82) is 0 Å². The van der Waals surface area contributed by atoms with Crippen LogP contribution in [0.4, 0.5) is 0 Å². The van der Waals surface area contributed by atoms with Crippen LogP contribution in [-0.2, 0) is 6.54 Å². The quantitative estimate of drug-likeness (QED) is 0.822. The van der Waals surface area contributed by atoms with Crippen LogP contribution in [0.1, 0.15) is 39.2 Å². The van der Waals surface area contributed by atoms with Gasteiger partial charge in [-0.25, -0.2) is 0 Å². The molecule has 0 atom stereocenters. The van der Waals surface area contributed by atoms with E-state index in [2.05, 4.69) is 72.4 Å². The second-order valence-corrected chi connectivity index (χ2v) is 7.44. The van der Waals surface area contributed by atoms with Gasteiger partial charge in [0.25, 0.3) is 0 Å². The number of rotatable bonds is 5. The molecule has 0 aliphatic carbocycles. The Labute approximate surface area is 143 Å². The lowest BCUT2D eigenvalue weighted by atomic mass is 9.85. The minimum absolute atomic E-state index is 0.0365. The Balaban J connectivity index is 1.98. The van der Waals surface area contributed by atoms with Crippen LogP contribution in [0.15, 0.2) is 41.1 Å². The predicted octanol–water partition coefficient (Wildman–Crippen LogP) is 3.80. The van der Waals surface area contributed by atoms with E-state index in [1.165, 1.54) is 22.0 Å². The Kier molecular flexibility index (Phi) is 4.76. The van der Waals surface area contributed by atoms with Gasteiger partial charge in [-0.15, -0.1) is 0 Å². The van der Waals surface area contributed by atoms with E-state index in [1.54, 1.807) is 0 Å². The van der Waals surface area contributed by atoms with Crippen molar-refractivity contribution in [3.8, 4) is 0 Å². The summed E-state index contributed by atoms with van der Waals surface area (Å²) in [5, 5.41) is 14.8. The minimum Gasteiger partial charge on any atom is -0.396 e. The van der Waals surface area contributed by atoms with Crippen molar-refractivity contribution in [1.82, 2.24) is 9.99 Å². The van der Waals surface area contributed by atoms with Gasteiger partial charge in [-0.2, -0.15) is 5.10 Å². The fraction of sp³-hybridized carbons (Fsp3) is 0.450. The topological polar surface area (TPSA) is 49.5 Å². The molecule has 1 aromatic carbocycles. The molecule has 0 saturated heterocycles. The van der Waals surface area contributed by atoms with Gasteiger partial charge in [-0.1, -0.05) is 39.0 Å². The van der Waals surface area contributed by atoms with Gasteiger partial charge in [0.15, 0.2) is 0 Å². The molecular weight excluding hydrogens is 298 g/mol. The Bertz CT molecular complexity index is 778. The van der Waals surface area contributed by atoms with Gasteiger partial charge >= 0.3 is 0 Å². The molecule has 0 radical (unpaired) electrons. The number of hydrazone groups is 1. The predicted molar refractivity (Wildman–Crippen MR) is 101 cm³/mol. The summed E-state index contributed by atoms with van der Waals surface area (Å²) in [6.45, 7) is 8.58. The van der Waals surface area contributed by atoms with Gasteiger partial charge in [0.2, 0.25) is 0 Å². The van der Waals surface area contributed by atoms with Gasteiger partial charge < -0.3 is 15.1 Å². The molecule has 24 heavy (non-hydrogen) atoms. The summed E-state index contributed by atoms with van der Waals surface area (Å²) in [6, 6.07) is 8.53. The van der Waals surface area contributed by atoms with E-state index in [0.717, 1.165) is 31.6 Å². The monoisotopic (exact) mass is 325 g/mol. The Morgan fingerprint density at radius 3 is 2.79 bits per heavy atom. The maximum atomic E-state index is 9.02. The lowest BCUT2D eigenvalue weighted by Crippen LogP contribution is -2.20. The molecule has 3 rings (SSSR count). The van der Waals surface area contributed by atoms with Gasteiger partial charge in [-0.05, 0) is 30.6 Å². The Morgan fingerprint density at radius 2 is 2.04 bits per heavy atom. The number of hydrogen-bond acceptors (Lipinski definition) is 3. The highest BCUT2D eigenvalue weighted by Crippen LogP contribution is 2.28. The third-order valence-corrected chi connectivity index (χ3v) is 4.43. The zero-order valence-electron chi connectivity index (χ0n) is 14.8. The third kappa shape index (κ3) is 3.39. The summed E-state index contributed by atoms with van der Waals surface area (Å²) in [5.74, 6) is 0. The van der Waals surface area contributed by atoms with E-state index in [0.29, 0.717) is 0 Å². The average molecular weight is 325 g/mol. The van der Waals surface area contributed by atoms with Crippen molar-refractivity contribution in [3.63, 3.8) is 0 Å². The third-order valence-electron chi connectivity index (χ3n) is 4.43.